The summed E-state index contributed by atoms with van der Waals surface area (Å²) >= 11 is 0. The molecule has 0 aromatic rings. The molecule has 1 aliphatic rings. The standard InChI is InChI=1S/C30H53N/c1-9-10-11-15-18-25(4)27(6)23-28(7)26(5)19-16-13-12-14-17-20-29(8)31-30(21-22-30)24(2)3/h31H,2,8-23H2,1,3-7H3/b27-25-,28-26-. The second-order valence-corrected chi connectivity index (χ2v) is 10.5. The Labute approximate surface area is 195 Å². The molecule has 1 nitrogen and oxygen atoms in total. The van der Waals surface area contributed by atoms with E-state index in [9.17, 15) is 0 Å². The van der Waals surface area contributed by atoms with Crippen LogP contribution in [0.4, 0.5) is 0 Å². The molecule has 1 saturated carbocycles. The summed E-state index contributed by atoms with van der Waals surface area (Å²) in [6.45, 7) is 22.2. The van der Waals surface area contributed by atoms with Gasteiger partial charge in [0.15, 0.2) is 0 Å². The van der Waals surface area contributed by atoms with Gasteiger partial charge in [-0.25, -0.2) is 0 Å². The maximum Gasteiger partial charge on any atom is 0.0578 e. The van der Waals surface area contributed by atoms with Gasteiger partial charge in [0.1, 0.15) is 0 Å². The lowest BCUT2D eigenvalue weighted by molar-refractivity contribution is 0.572. The highest BCUT2D eigenvalue weighted by molar-refractivity contribution is 5.26. The van der Waals surface area contributed by atoms with Crippen molar-refractivity contribution in [2.45, 2.75) is 143 Å². The monoisotopic (exact) mass is 427 g/mol. The normalized spacial score (nSPS) is 16.5. The molecule has 0 amide bonds. The molecule has 0 aromatic carbocycles. The molecule has 0 radical (unpaired) electrons. The van der Waals surface area contributed by atoms with E-state index in [0.717, 1.165) is 6.42 Å². The first-order valence-corrected chi connectivity index (χ1v) is 13.1. The van der Waals surface area contributed by atoms with E-state index in [4.69, 9.17) is 0 Å². The second kappa shape index (κ2) is 14.8. The van der Waals surface area contributed by atoms with Crippen molar-refractivity contribution in [1.29, 1.82) is 0 Å². The molecular formula is C30H53N. The smallest absolute Gasteiger partial charge is 0.0578 e. The van der Waals surface area contributed by atoms with Crippen molar-refractivity contribution in [2.75, 3.05) is 0 Å². The first kappa shape index (κ1) is 27.8. The lowest BCUT2D eigenvalue weighted by atomic mass is 9.95. The highest BCUT2D eigenvalue weighted by atomic mass is 15.0. The zero-order chi connectivity index (χ0) is 23.3. The summed E-state index contributed by atoms with van der Waals surface area (Å²) in [5.74, 6) is 0. The quantitative estimate of drug-likeness (QED) is 0.169. The van der Waals surface area contributed by atoms with Gasteiger partial charge in [0.05, 0.1) is 5.54 Å². The van der Waals surface area contributed by atoms with Gasteiger partial charge < -0.3 is 5.32 Å². The van der Waals surface area contributed by atoms with Gasteiger partial charge in [-0.3, -0.25) is 0 Å². The fraction of sp³-hybridized carbons (Fsp3) is 0.733. The lowest BCUT2D eigenvalue weighted by Crippen LogP contribution is -2.30. The van der Waals surface area contributed by atoms with Crippen molar-refractivity contribution in [2.24, 2.45) is 0 Å². The van der Waals surface area contributed by atoms with Crippen LogP contribution in [0.5, 0.6) is 0 Å². The third-order valence-corrected chi connectivity index (χ3v) is 7.41. The minimum absolute atomic E-state index is 0.194. The summed E-state index contributed by atoms with van der Waals surface area (Å²) in [7, 11) is 0. The summed E-state index contributed by atoms with van der Waals surface area (Å²) in [5, 5.41) is 3.63. The van der Waals surface area contributed by atoms with Gasteiger partial charge in [-0.2, -0.15) is 0 Å². The van der Waals surface area contributed by atoms with Crippen molar-refractivity contribution in [3.05, 3.63) is 46.7 Å². The number of hydrogen-bond acceptors (Lipinski definition) is 1. The highest BCUT2D eigenvalue weighted by Gasteiger charge is 2.43. The van der Waals surface area contributed by atoms with Crippen LogP contribution >= 0.6 is 0 Å². The van der Waals surface area contributed by atoms with Crippen LogP contribution in [0.15, 0.2) is 46.7 Å². The first-order valence-electron chi connectivity index (χ1n) is 13.1. The van der Waals surface area contributed by atoms with Crippen molar-refractivity contribution in [3.63, 3.8) is 0 Å². The highest BCUT2D eigenvalue weighted by Crippen LogP contribution is 2.42. The molecule has 178 valence electrons. The largest absolute Gasteiger partial charge is 0.380 e. The van der Waals surface area contributed by atoms with Gasteiger partial charge in [-0.1, -0.05) is 86.5 Å². The van der Waals surface area contributed by atoms with Crippen LogP contribution < -0.4 is 5.32 Å². The lowest BCUT2D eigenvalue weighted by Gasteiger charge is -2.20. The molecule has 0 spiro atoms. The fourth-order valence-corrected chi connectivity index (χ4v) is 4.39. The zero-order valence-corrected chi connectivity index (χ0v) is 22.0. The Kier molecular flexibility index (Phi) is 13.2. The Morgan fingerprint density at radius 1 is 0.645 bits per heavy atom. The van der Waals surface area contributed by atoms with E-state index in [1.807, 2.05) is 0 Å². The molecule has 1 rings (SSSR count). The maximum absolute atomic E-state index is 4.24. The molecular weight excluding hydrogens is 374 g/mol. The van der Waals surface area contributed by atoms with Crippen LogP contribution in [0.1, 0.15) is 138 Å². The van der Waals surface area contributed by atoms with Crippen LogP contribution in [0.2, 0.25) is 0 Å². The van der Waals surface area contributed by atoms with Gasteiger partial charge in [-0.05, 0) is 92.4 Å². The maximum atomic E-state index is 4.24. The van der Waals surface area contributed by atoms with Crippen molar-refractivity contribution < 1.29 is 0 Å². The van der Waals surface area contributed by atoms with Gasteiger partial charge in [-0.15, -0.1) is 0 Å². The molecule has 1 heteroatoms. The Bertz CT molecular complexity index is 627. The number of allylic oxidation sites excluding steroid dienone is 5. The van der Waals surface area contributed by atoms with E-state index in [0.29, 0.717) is 0 Å². The Morgan fingerprint density at radius 2 is 1.10 bits per heavy atom. The van der Waals surface area contributed by atoms with Gasteiger partial charge in [0, 0.05) is 5.70 Å². The molecule has 1 fully saturated rings. The van der Waals surface area contributed by atoms with E-state index in [1.165, 1.54) is 101 Å². The average molecular weight is 428 g/mol. The number of nitrogens with one attached hydrogen (secondary N) is 1. The molecule has 0 saturated heterocycles. The van der Waals surface area contributed by atoms with Crippen LogP contribution in [-0.2, 0) is 0 Å². The first-order chi connectivity index (χ1) is 14.7. The van der Waals surface area contributed by atoms with E-state index >= 15 is 0 Å². The van der Waals surface area contributed by atoms with Crippen molar-refractivity contribution in [3.8, 4) is 0 Å². The Balaban J connectivity index is 2.16. The SMILES string of the molecule is C=C(CCCCCCC/C(C)=C(/C)C/C(C)=C(/C)CCCCCC)NC1(C(=C)C)CC1. The molecule has 0 aromatic heterocycles. The van der Waals surface area contributed by atoms with Crippen LogP contribution in [0.25, 0.3) is 0 Å². The van der Waals surface area contributed by atoms with Gasteiger partial charge in [0.25, 0.3) is 0 Å². The predicted octanol–water partition coefficient (Wildman–Crippen LogP) is 9.96. The summed E-state index contributed by atoms with van der Waals surface area (Å²) in [6.07, 6.45) is 19.3. The molecule has 1 N–H and O–H groups in total. The molecule has 0 unspecified atom stereocenters. The van der Waals surface area contributed by atoms with Crippen LogP contribution in [0, 0.1) is 0 Å². The van der Waals surface area contributed by atoms with E-state index in [-0.39, 0.29) is 5.54 Å². The third-order valence-electron chi connectivity index (χ3n) is 7.41. The molecule has 0 aliphatic heterocycles. The molecule has 0 atom stereocenters. The molecule has 0 bridgehead atoms. The molecule has 0 heterocycles. The molecule has 1 aliphatic carbocycles. The van der Waals surface area contributed by atoms with E-state index < -0.39 is 0 Å². The average Bonchev–Trinajstić information content (AvgIpc) is 3.50. The van der Waals surface area contributed by atoms with E-state index in [1.54, 1.807) is 22.3 Å². The summed E-state index contributed by atoms with van der Waals surface area (Å²) in [4.78, 5) is 0. The summed E-state index contributed by atoms with van der Waals surface area (Å²) < 4.78 is 0. The minimum Gasteiger partial charge on any atom is -0.380 e. The summed E-state index contributed by atoms with van der Waals surface area (Å²) in [6, 6.07) is 0. The molecule has 31 heavy (non-hydrogen) atoms. The second-order valence-electron chi connectivity index (χ2n) is 10.5. The predicted molar refractivity (Wildman–Crippen MR) is 141 cm³/mol. The Morgan fingerprint density at radius 3 is 1.55 bits per heavy atom. The van der Waals surface area contributed by atoms with Crippen molar-refractivity contribution >= 4 is 0 Å². The van der Waals surface area contributed by atoms with Crippen LogP contribution in [-0.4, -0.2) is 5.54 Å². The number of unbranched alkanes of at least 4 members (excludes halogenated alkanes) is 7. The Hall–Kier alpha value is -1.24. The number of rotatable bonds is 18. The van der Waals surface area contributed by atoms with Crippen LogP contribution in [0.3, 0.4) is 0 Å². The van der Waals surface area contributed by atoms with E-state index in [2.05, 4.69) is 60.0 Å². The minimum atomic E-state index is 0.194. The number of hydrogen-bond donors (Lipinski definition) is 1. The van der Waals surface area contributed by atoms with Crippen molar-refractivity contribution in [1.82, 2.24) is 5.32 Å². The zero-order valence-electron chi connectivity index (χ0n) is 22.0. The topological polar surface area (TPSA) is 12.0 Å². The fourth-order valence-electron chi connectivity index (χ4n) is 4.39. The third kappa shape index (κ3) is 11.3. The van der Waals surface area contributed by atoms with Gasteiger partial charge >= 0.3 is 0 Å². The van der Waals surface area contributed by atoms with Gasteiger partial charge in [0.2, 0.25) is 0 Å². The summed E-state index contributed by atoms with van der Waals surface area (Å²) in [5.41, 5.74) is 9.10.